The summed E-state index contributed by atoms with van der Waals surface area (Å²) in [7, 11) is 0. The molecule has 1 N–H and O–H groups in total. The Kier molecular flexibility index (Phi) is 6.61. The lowest BCUT2D eigenvalue weighted by atomic mass is 10.1. The van der Waals surface area contributed by atoms with Gasteiger partial charge in [0.05, 0.1) is 0 Å². The Balaban J connectivity index is 2.34. The smallest absolute Gasteiger partial charge is 0.0219 e. The van der Waals surface area contributed by atoms with Gasteiger partial charge in [-0.3, -0.25) is 4.90 Å². The fourth-order valence-corrected chi connectivity index (χ4v) is 2.62. The quantitative estimate of drug-likeness (QED) is 0.785. The van der Waals surface area contributed by atoms with Crippen molar-refractivity contribution in [2.45, 2.75) is 59.0 Å². The molecule has 18 heavy (non-hydrogen) atoms. The van der Waals surface area contributed by atoms with Gasteiger partial charge >= 0.3 is 0 Å². The van der Waals surface area contributed by atoms with Crippen LogP contribution in [-0.4, -0.2) is 60.6 Å². The van der Waals surface area contributed by atoms with Crippen molar-refractivity contribution in [2.75, 3.05) is 39.3 Å². The van der Waals surface area contributed by atoms with Crippen molar-refractivity contribution in [3.8, 4) is 0 Å². The third kappa shape index (κ3) is 5.68. The van der Waals surface area contributed by atoms with Crippen molar-refractivity contribution in [3.63, 3.8) is 0 Å². The van der Waals surface area contributed by atoms with Gasteiger partial charge in [-0.05, 0) is 40.2 Å². The Hall–Kier alpha value is -0.120. The van der Waals surface area contributed by atoms with Gasteiger partial charge in [0.25, 0.3) is 0 Å². The fourth-order valence-electron chi connectivity index (χ4n) is 2.62. The first-order valence-electron chi connectivity index (χ1n) is 7.67. The first kappa shape index (κ1) is 15.9. The Morgan fingerprint density at radius 1 is 1.06 bits per heavy atom. The SMILES string of the molecule is CCCN1CCN(C(CC)CNC(C)(C)C)CC1. The highest BCUT2D eigenvalue weighted by atomic mass is 15.3. The van der Waals surface area contributed by atoms with E-state index in [1.807, 2.05) is 0 Å². The molecule has 1 heterocycles. The second-order valence-corrected chi connectivity index (χ2v) is 6.57. The molecule has 108 valence electrons. The molecule has 1 fully saturated rings. The van der Waals surface area contributed by atoms with Gasteiger partial charge in [0.2, 0.25) is 0 Å². The van der Waals surface area contributed by atoms with Crippen molar-refractivity contribution in [2.24, 2.45) is 0 Å². The predicted molar refractivity (Wildman–Crippen MR) is 80.1 cm³/mol. The van der Waals surface area contributed by atoms with Gasteiger partial charge in [0, 0.05) is 44.3 Å². The third-order valence-electron chi connectivity index (χ3n) is 3.80. The zero-order chi connectivity index (χ0) is 13.6. The number of rotatable bonds is 6. The summed E-state index contributed by atoms with van der Waals surface area (Å²) in [6.45, 7) is 18.7. The van der Waals surface area contributed by atoms with Crippen LogP contribution in [0.3, 0.4) is 0 Å². The molecule has 0 saturated carbocycles. The van der Waals surface area contributed by atoms with E-state index >= 15 is 0 Å². The lowest BCUT2D eigenvalue weighted by Crippen LogP contribution is -2.54. The summed E-state index contributed by atoms with van der Waals surface area (Å²) >= 11 is 0. The van der Waals surface area contributed by atoms with Crippen LogP contribution in [0.2, 0.25) is 0 Å². The number of hydrogen-bond acceptors (Lipinski definition) is 3. The highest BCUT2D eigenvalue weighted by molar-refractivity contribution is 4.82. The van der Waals surface area contributed by atoms with E-state index in [2.05, 4.69) is 49.7 Å². The topological polar surface area (TPSA) is 18.5 Å². The van der Waals surface area contributed by atoms with E-state index in [-0.39, 0.29) is 5.54 Å². The van der Waals surface area contributed by atoms with E-state index in [0.29, 0.717) is 6.04 Å². The third-order valence-corrected chi connectivity index (χ3v) is 3.80. The average molecular weight is 255 g/mol. The van der Waals surface area contributed by atoms with Crippen LogP contribution in [-0.2, 0) is 0 Å². The molecule has 1 aliphatic heterocycles. The highest BCUT2D eigenvalue weighted by Crippen LogP contribution is 2.10. The molecule has 0 aliphatic carbocycles. The van der Waals surface area contributed by atoms with Gasteiger partial charge in [0.1, 0.15) is 0 Å². The Morgan fingerprint density at radius 2 is 1.67 bits per heavy atom. The second-order valence-electron chi connectivity index (χ2n) is 6.57. The molecule has 0 amide bonds. The molecule has 0 aromatic rings. The Labute approximate surface area is 114 Å². The fraction of sp³-hybridized carbons (Fsp3) is 1.00. The van der Waals surface area contributed by atoms with Crippen LogP contribution in [0.5, 0.6) is 0 Å². The minimum absolute atomic E-state index is 0.234. The molecule has 0 aromatic heterocycles. The lowest BCUT2D eigenvalue weighted by molar-refractivity contribution is 0.0904. The molecule has 1 aliphatic rings. The second kappa shape index (κ2) is 7.46. The van der Waals surface area contributed by atoms with E-state index in [9.17, 15) is 0 Å². The van der Waals surface area contributed by atoms with Crippen molar-refractivity contribution >= 4 is 0 Å². The molecular formula is C15H33N3. The maximum absolute atomic E-state index is 3.65. The number of nitrogens with one attached hydrogen (secondary N) is 1. The average Bonchev–Trinajstić information content (AvgIpc) is 2.31. The van der Waals surface area contributed by atoms with Crippen molar-refractivity contribution in [1.29, 1.82) is 0 Å². The molecule has 1 saturated heterocycles. The van der Waals surface area contributed by atoms with Crippen LogP contribution >= 0.6 is 0 Å². The Morgan fingerprint density at radius 3 is 2.11 bits per heavy atom. The number of piperazine rings is 1. The van der Waals surface area contributed by atoms with Gasteiger partial charge in [-0.15, -0.1) is 0 Å². The lowest BCUT2D eigenvalue weighted by Gasteiger charge is -2.40. The van der Waals surface area contributed by atoms with Crippen molar-refractivity contribution in [1.82, 2.24) is 15.1 Å². The van der Waals surface area contributed by atoms with Crippen LogP contribution in [0.25, 0.3) is 0 Å². The largest absolute Gasteiger partial charge is 0.311 e. The van der Waals surface area contributed by atoms with Gasteiger partial charge in [-0.2, -0.15) is 0 Å². The summed E-state index contributed by atoms with van der Waals surface area (Å²) in [6, 6.07) is 0.702. The molecule has 0 aromatic carbocycles. The van der Waals surface area contributed by atoms with Crippen LogP contribution in [0, 0.1) is 0 Å². The van der Waals surface area contributed by atoms with E-state index < -0.39 is 0 Å². The first-order chi connectivity index (χ1) is 8.46. The molecule has 1 atom stereocenters. The predicted octanol–water partition coefficient (Wildman–Crippen LogP) is 2.18. The molecule has 3 nitrogen and oxygen atoms in total. The molecule has 1 rings (SSSR count). The van der Waals surface area contributed by atoms with Crippen LogP contribution in [0.1, 0.15) is 47.5 Å². The minimum atomic E-state index is 0.234. The standard InChI is InChI=1S/C15H33N3/c1-6-8-17-9-11-18(12-10-17)14(7-2)13-16-15(3,4)5/h14,16H,6-13H2,1-5H3. The maximum atomic E-state index is 3.65. The van der Waals surface area contributed by atoms with E-state index in [4.69, 9.17) is 0 Å². The van der Waals surface area contributed by atoms with Gasteiger partial charge in [-0.25, -0.2) is 0 Å². The summed E-state index contributed by atoms with van der Waals surface area (Å²) < 4.78 is 0. The normalized spacial score (nSPS) is 21.2. The highest BCUT2D eigenvalue weighted by Gasteiger charge is 2.23. The number of hydrogen-bond donors (Lipinski definition) is 1. The zero-order valence-electron chi connectivity index (χ0n) is 13.1. The summed E-state index contributed by atoms with van der Waals surface area (Å²) in [5, 5.41) is 3.65. The summed E-state index contributed by atoms with van der Waals surface area (Å²) in [5.41, 5.74) is 0.234. The summed E-state index contributed by atoms with van der Waals surface area (Å²) in [6.07, 6.45) is 2.53. The first-order valence-corrected chi connectivity index (χ1v) is 7.67. The van der Waals surface area contributed by atoms with Crippen LogP contribution in [0.15, 0.2) is 0 Å². The summed E-state index contributed by atoms with van der Waals surface area (Å²) in [5.74, 6) is 0. The molecule has 0 spiro atoms. The zero-order valence-corrected chi connectivity index (χ0v) is 13.1. The van der Waals surface area contributed by atoms with Gasteiger partial charge in [-0.1, -0.05) is 13.8 Å². The molecule has 0 bridgehead atoms. The molecule has 3 heteroatoms. The van der Waals surface area contributed by atoms with E-state index in [1.54, 1.807) is 0 Å². The van der Waals surface area contributed by atoms with Gasteiger partial charge < -0.3 is 10.2 Å². The van der Waals surface area contributed by atoms with Crippen molar-refractivity contribution in [3.05, 3.63) is 0 Å². The Bertz CT molecular complexity index is 214. The monoisotopic (exact) mass is 255 g/mol. The summed E-state index contributed by atoms with van der Waals surface area (Å²) in [4.78, 5) is 5.27. The van der Waals surface area contributed by atoms with Crippen LogP contribution in [0.4, 0.5) is 0 Å². The van der Waals surface area contributed by atoms with Gasteiger partial charge in [0.15, 0.2) is 0 Å². The van der Waals surface area contributed by atoms with Crippen LogP contribution < -0.4 is 5.32 Å². The minimum Gasteiger partial charge on any atom is -0.311 e. The van der Waals surface area contributed by atoms with E-state index in [0.717, 1.165) is 6.54 Å². The molecular weight excluding hydrogens is 222 g/mol. The molecule has 0 radical (unpaired) electrons. The van der Waals surface area contributed by atoms with E-state index in [1.165, 1.54) is 45.6 Å². The maximum Gasteiger partial charge on any atom is 0.0219 e. The van der Waals surface area contributed by atoms with Crippen molar-refractivity contribution < 1.29 is 0 Å². The molecule has 1 unspecified atom stereocenters. The number of nitrogens with zero attached hydrogens (tertiary/aromatic N) is 2.